The predicted octanol–water partition coefficient (Wildman–Crippen LogP) is 1.58. The molecule has 0 spiro atoms. The first-order valence-corrected chi connectivity index (χ1v) is 4.09. The summed E-state index contributed by atoms with van der Waals surface area (Å²) in [6.07, 6.45) is 1.13. The van der Waals surface area contributed by atoms with Gasteiger partial charge in [0.15, 0.2) is 6.01 Å². The van der Waals surface area contributed by atoms with E-state index in [0.29, 0.717) is 4.59 Å². The lowest BCUT2D eigenvalue weighted by molar-refractivity contribution is -0.896. The Morgan fingerprint density at radius 3 is 2.36 bits per heavy atom. The first kappa shape index (κ1) is 10.3. The van der Waals surface area contributed by atoms with Crippen LogP contribution in [0.3, 0.4) is 0 Å². The van der Waals surface area contributed by atoms with E-state index in [1.807, 2.05) is 21.0 Å². The first-order valence-electron chi connectivity index (χ1n) is 4.09. The average molecular weight is 156 g/mol. The maximum atomic E-state index is 4.16. The van der Waals surface area contributed by atoms with E-state index in [2.05, 4.69) is 23.0 Å². The Morgan fingerprint density at radius 2 is 1.91 bits per heavy atom. The number of hydrogen-bond donors (Lipinski definition) is 0. The molecule has 0 heterocycles. The highest BCUT2D eigenvalue weighted by Crippen LogP contribution is 1.97. The molecule has 64 valence electrons. The summed E-state index contributed by atoms with van der Waals surface area (Å²) in [7, 11) is 4.09. The molecule has 0 unspecified atom stereocenters. The zero-order valence-electron chi connectivity index (χ0n) is 7.96. The van der Waals surface area contributed by atoms with Gasteiger partial charge in [0.2, 0.25) is 0 Å². The van der Waals surface area contributed by atoms with Gasteiger partial charge in [0.25, 0.3) is 0 Å². The molecule has 0 saturated carbocycles. The molecule has 0 aliphatic heterocycles. The van der Waals surface area contributed by atoms with E-state index in [-0.39, 0.29) is 0 Å². The van der Waals surface area contributed by atoms with Crippen molar-refractivity contribution in [2.24, 2.45) is 10.1 Å². The van der Waals surface area contributed by atoms with Gasteiger partial charge in [-0.1, -0.05) is 6.92 Å². The van der Waals surface area contributed by atoms with Gasteiger partial charge in [-0.25, -0.2) is 4.99 Å². The van der Waals surface area contributed by atoms with E-state index >= 15 is 0 Å². The highest BCUT2D eigenvalue weighted by molar-refractivity contribution is 5.39. The third kappa shape index (κ3) is 5.77. The number of nitrogens with zero attached hydrogens (tertiary/aromatic N) is 3. The van der Waals surface area contributed by atoms with Crippen LogP contribution >= 0.6 is 0 Å². The second-order valence-electron chi connectivity index (χ2n) is 3.02. The summed E-state index contributed by atoms with van der Waals surface area (Å²) in [4.78, 5) is 3.91. The molecule has 0 aromatic carbocycles. The zero-order chi connectivity index (χ0) is 8.74. The smallest absolute Gasteiger partial charge is 0.153 e. The molecule has 11 heavy (non-hydrogen) atoms. The normalized spacial score (nSPS) is 10.5. The molecule has 0 aliphatic carbocycles. The molecule has 0 saturated heterocycles. The van der Waals surface area contributed by atoms with Crippen LogP contribution in [0.4, 0.5) is 0 Å². The van der Waals surface area contributed by atoms with E-state index in [9.17, 15) is 0 Å². The van der Waals surface area contributed by atoms with Crippen molar-refractivity contribution in [3.63, 3.8) is 0 Å². The van der Waals surface area contributed by atoms with Crippen molar-refractivity contribution in [1.82, 2.24) is 0 Å². The third-order valence-corrected chi connectivity index (χ3v) is 1.32. The number of rotatable bonds is 4. The topological polar surface area (TPSA) is 24.7 Å². The second kappa shape index (κ2) is 5.05. The second-order valence-corrected chi connectivity index (χ2v) is 3.02. The standard InChI is InChI=1S/C8H18N3/c1-5-7-11(3,4)10-8-9-6-2/h5-7H2,1-4H3/q+1. The summed E-state index contributed by atoms with van der Waals surface area (Å²) in [5.74, 6) is 0. The van der Waals surface area contributed by atoms with Crippen molar-refractivity contribution in [2.45, 2.75) is 20.3 Å². The first-order chi connectivity index (χ1) is 5.12. The van der Waals surface area contributed by atoms with E-state index in [4.69, 9.17) is 0 Å². The van der Waals surface area contributed by atoms with Crippen LogP contribution in [0.15, 0.2) is 10.1 Å². The minimum absolute atomic E-state index is 0.625. The maximum Gasteiger partial charge on any atom is 0.153 e. The third-order valence-electron chi connectivity index (χ3n) is 1.32. The minimum Gasteiger partial charge on any atom is -0.221 e. The van der Waals surface area contributed by atoms with Crippen LogP contribution in [0.2, 0.25) is 0 Å². The summed E-state index contributed by atoms with van der Waals surface area (Å²) in [5.41, 5.74) is 0. The van der Waals surface area contributed by atoms with E-state index in [1.54, 1.807) is 0 Å². The molecular weight excluding hydrogens is 138 g/mol. The molecule has 0 N–H and O–H groups in total. The lowest BCUT2D eigenvalue weighted by Crippen LogP contribution is -2.33. The van der Waals surface area contributed by atoms with Crippen molar-refractivity contribution in [3.05, 3.63) is 0 Å². The molecular formula is C8H18N3+. The van der Waals surface area contributed by atoms with Crippen molar-refractivity contribution in [2.75, 3.05) is 27.2 Å². The van der Waals surface area contributed by atoms with Crippen molar-refractivity contribution in [3.8, 4) is 0 Å². The summed E-state index contributed by atoms with van der Waals surface area (Å²) in [6.45, 7) is 5.91. The van der Waals surface area contributed by atoms with Gasteiger partial charge in [-0.05, 0) is 18.4 Å². The molecule has 0 rings (SSSR count). The van der Waals surface area contributed by atoms with Gasteiger partial charge < -0.3 is 0 Å². The largest absolute Gasteiger partial charge is 0.221 e. The molecule has 0 aliphatic rings. The quantitative estimate of drug-likeness (QED) is 0.335. The molecule has 0 aromatic rings. The molecule has 0 atom stereocenters. The molecule has 0 aromatic heterocycles. The van der Waals surface area contributed by atoms with E-state index in [1.165, 1.54) is 0 Å². The summed E-state index contributed by atoms with van der Waals surface area (Å²) < 4.78 is 0.625. The molecule has 0 bridgehead atoms. The Kier molecular flexibility index (Phi) is 4.75. The van der Waals surface area contributed by atoms with Crippen molar-refractivity contribution < 1.29 is 4.59 Å². The highest BCUT2D eigenvalue weighted by atomic mass is 15.6. The monoisotopic (exact) mass is 156 g/mol. The average Bonchev–Trinajstić information content (AvgIpc) is 1.87. The van der Waals surface area contributed by atoms with Crippen molar-refractivity contribution >= 4 is 6.01 Å². The minimum atomic E-state index is 0.625. The SMILES string of the molecule is CCC[N+](C)(C)N=C=NCC. The van der Waals surface area contributed by atoms with Gasteiger partial charge in [0.05, 0.1) is 14.1 Å². The van der Waals surface area contributed by atoms with E-state index in [0.717, 1.165) is 19.5 Å². The fourth-order valence-electron chi connectivity index (χ4n) is 0.821. The van der Waals surface area contributed by atoms with Gasteiger partial charge in [0.1, 0.15) is 6.54 Å². The Hall–Kier alpha value is -0.660. The molecule has 0 amide bonds. The fourth-order valence-corrected chi connectivity index (χ4v) is 0.821. The Bertz CT molecular complexity index is 155. The Balaban J connectivity index is 3.99. The van der Waals surface area contributed by atoms with Gasteiger partial charge in [-0.3, -0.25) is 0 Å². The number of aliphatic imine (C=N–C) groups is 1. The molecule has 3 nitrogen and oxygen atoms in total. The van der Waals surface area contributed by atoms with Crippen LogP contribution in [0.5, 0.6) is 0 Å². The summed E-state index contributed by atoms with van der Waals surface area (Å²) in [5, 5.41) is 4.16. The Morgan fingerprint density at radius 1 is 1.27 bits per heavy atom. The maximum absolute atomic E-state index is 4.16. The van der Waals surface area contributed by atoms with Gasteiger partial charge in [-0.15, -0.1) is 0 Å². The molecule has 3 heteroatoms. The van der Waals surface area contributed by atoms with Crippen LogP contribution < -0.4 is 0 Å². The van der Waals surface area contributed by atoms with Gasteiger partial charge in [0, 0.05) is 6.54 Å². The van der Waals surface area contributed by atoms with Gasteiger partial charge in [-0.2, -0.15) is 4.59 Å². The Labute approximate surface area is 69.0 Å². The predicted molar refractivity (Wildman–Crippen MR) is 47.7 cm³/mol. The van der Waals surface area contributed by atoms with Crippen LogP contribution in [-0.2, 0) is 0 Å². The zero-order valence-corrected chi connectivity index (χ0v) is 7.96. The number of quaternary nitrogens is 1. The fraction of sp³-hybridized carbons (Fsp3) is 0.875. The van der Waals surface area contributed by atoms with Crippen LogP contribution in [0.25, 0.3) is 0 Å². The summed E-state index contributed by atoms with van der Waals surface area (Å²) >= 11 is 0. The summed E-state index contributed by atoms with van der Waals surface area (Å²) in [6, 6.07) is 2.68. The van der Waals surface area contributed by atoms with E-state index < -0.39 is 0 Å². The van der Waals surface area contributed by atoms with Crippen LogP contribution in [0.1, 0.15) is 20.3 Å². The molecule has 0 radical (unpaired) electrons. The highest BCUT2D eigenvalue weighted by Gasteiger charge is 2.09. The van der Waals surface area contributed by atoms with Crippen molar-refractivity contribution in [1.29, 1.82) is 0 Å². The van der Waals surface area contributed by atoms with Gasteiger partial charge >= 0.3 is 0 Å². The lowest BCUT2D eigenvalue weighted by atomic mass is 10.4. The molecule has 0 fully saturated rings. The lowest BCUT2D eigenvalue weighted by Gasteiger charge is -2.18. The van der Waals surface area contributed by atoms with Crippen LogP contribution in [-0.4, -0.2) is 37.8 Å². The van der Waals surface area contributed by atoms with Crippen LogP contribution in [0, 0.1) is 0 Å². The number of hydrogen-bond acceptors (Lipinski definition) is 2.